The second-order valence-corrected chi connectivity index (χ2v) is 5.26. The molecule has 3 N–H and O–H groups in total. The van der Waals surface area contributed by atoms with Crippen LogP contribution in [0.4, 0.5) is 0 Å². The van der Waals surface area contributed by atoms with Gasteiger partial charge in [-0.1, -0.05) is 48.5 Å². The number of carboxylic acids is 1. The van der Waals surface area contributed by atoms with Gasteiger partial charge in [0.1, 0.15) is 0 Å². The molecule has 0 aromatic heterocycles. The molecule has 112 valence electrons. The zero-order chi connectivity index (χ0) is 15.5. The zero-order valence-electron chi connectivity index (χ0n) is 11.8. The highest BCUT2D eigenvalue weighted by Crippen LogP contribution is 2.24. The van der Waals surface area contributed by atoms with Gasteiger partial charge in [0.05, 0.1) is 11.6 Å². The SMILES string of the molecule is O=C(O)c1ccccc1C(=O)C1CC(c2ccccc2)NN1. The molecule has 3 rings (SSSR count). The van der Waals surface area contributed by atoms with Gasteiger partial charge in [0.2, 0.25) is 0 Å². The normalized spacial score (nSPS) is 20.7. The number of benzene rings is 2. The summed E-state index contributed by atoms with van der Waals surface area (Å²) in [6.45, 7) is 0. The Morgan fingerprint density at radius 2 is 1.55 bits per heavy atom. The van der Waals surface area contributed by atoms with E-state index in [0.29, 0.717) is 6.42 Å². The van der Waals surface area contributed by atoms with E-state index in [-0.39, 0.29) is 23.0 Å². The van der Waals surface area contributed by atoms with Crippen LogP contribution in [0.3, 0.4) is 0 Å². The van der Waals surface area contributed by atoms with E-state index >= 15 is 0 Å². The fraction of sp³-hybridized carbons (Fsp3) is 0.176. The van der Waals surface area contributed by atoms with Gasteiger partial charge in [-0.15, -0.1) is 0 Å². The Bertz CT molecular complexity index is 700. The summed E-state index contributed by atoms with van der Waals surface area (Å²) >= 11 is 0. The minimum atomic E-state index is -1.09. The first-order valence-corrected chi connectivity index (χ1v) is 7.09. The highest BCUT2D eigenvalue weighted by molar-refractivity contribution is 6.08. The van der Waals surface area contributed by atoms with Crippen LogP contribution in [0.1, 0.15) is 38.7 Å². The highest BCUT2D eigenvalue weighted by Gasteiger charge is 2.32. The quantitative estimate of drug-likeness (QED) is 0.754. The number of Topliss-reactive ketones (excluding diaryl/α,β-unsaturated/α-hetero) is 1. The Labute approximate surface area is 127 Å². The van der Waals surface area contributed by atoms with Gasteiger partial charge in [-0.05, 0) is 18.1 Å². The number of ketones is 1. The first-order chi connectivity index (χ1) is 10.7. The van der Waals surface area contributed by atoms with Crippen LogP contribution >= 0.6 is 0 Å². The van der Waals surface area contributed by atoms with Crippen LogP contribution in [0.5, 0.6) is 0 Å². The van der Waals surface area contributed by atoms with Crippen molar-refractivity contribution in [1.82, 2.24) is 10.9 Å². The molecule has 2 unspecified atom stereocenters. The minimum absolute atomic E-state index is 0.0344. The molecule has 1 aliphatic heterocycles. The maximum absolute atomic E-state index is 12.6. The van der Waals surface area contributed by atoms with Crippen LogP contribution in [0, 0.1) is 0 Å². The molecule has 0 bridgehead atoms. The second kappa shape index (κ2) is 6.09. The Hall–Kier alpha value is -2.50. The number of rotatable bonds is 4. The van der Waals surface area contributed by atoms with Gasteiger partial charge in [0.25, 0.3) is 0 Å². The predicted octanol–water partition coefficient (Wildman–Crippen LogP) is 2.18. The third kappa shape index (κ3) is 2.77. The van der Waals surface area contributed by atoms with Gasteiger partial charge in [-0.3, -0.25) is 4.79 Å². The average molecular weight is 296 g/mol. The topological polar surface area (TPSA) is 78.4 Å². The number of aromatic carboxylic acids is 1. The summed E-state index contributed by atoms with van der Waals surface area (Å²) < 4.78 is 0. The molecule has 5 nitrogen and oxygen atoms in total. The molecule has 0 radical (unpaired) electrons. The maximum atomic E-state index is 12.6. The third-order valence-electron chi connectivity index (χ3n) is 3.84. The molecular formula is C17H16N2O3. The van der Waals surface area contributed by atoms with Crippen molar-refractivity contribution in [2.45, 2.75) is 18.5 Å². The van der Waals surface area contributed by atoms with Crippen molar-refractivity contribution in [2.75, 3.05) is 0 Å². The van der Waals surface area contributed by atoms with Crippen molar-refractivity contribution in [2.24, 2.45) is 0 Å². The largest absolute Gasteiger partial charge is 0.478 e. The first-order valence-electron chi connectivity index (χ1n) is 7.09. The van der Waals surface area contributed by atoms with Gasteiger partial charge >= 0.3 is 5.97 Å². The molecule has 5 heteroatoms. The van der Waals surface area contributed by atoms with E-state index < -0.39 is 12.0 Å². The number of carboxylic acid groups (broad SMARTS) is 1. The van der Waals surface area contributed by atoms with Crippen LogP contribution in [0.15, 0.2) is 54.6 Å². The van der Waals surface area contributed by atoms with E-state index in [2.05, 4.69) is 10.9 Å². The summed E-state index contributed by atoms with van der Waals surface area (Å²) in [5, 5.41) is 9.20. The predicted molar refractivity (Wildman–Crippen MR) is 81.6 cm³/mol. The maximum Gasteiger partial charge on any atom is 0.336 e. The lowest BCUT2D eigenvalue weighted by molar-refractivity contribution is 0.0691. The molecule has 2 aromatic carbocycles. The van der Waals surface area contributed by atoms with Crippen molar-refractivity contribution in [3.05, 3.63) is 71.3 Å². The molecule has 22 heavy (non-hydrogen) atoms. The first kappa shape index (κ1) is 14.4. The molecule has 1 aliphatic rings. The monoisotopic (exact) mass is 296 g/mol. The van der Waals surface area contributed by atoms with Crippen molar-refractivity contribution < 1.29 is 14.7 Å². The number of hydrogen-bond acceptors (Lipinski definition) is 4. The van der Waals surface area contributed by atoms with E-state index in [9.17, 15) is 14.7 Å². The average Bonchev–Trinajstić information content (AvgIpc) is 3.05. The van der Waals surface area contributed by atoms with Gasteiger partial charge < -0.3 is 5.11 Å². The zero-order valence-corrected chi connectivity index (χ0v) is 11.8. The number of hydrogen-bond donors (Lipinski definition) is 3. The molecule has 0 saturated carbocycles. The Morgan fingerprint density at radius 1 is 0.909 bits per heavy atom. The summed E-state index contributed by atoms with van der Waals surface area (Å²) in [5.74, 6) is -1.29. The standard InChI is InChI=1S/C17H16N2O3/c20-16(12-8-4-5-9-13(12)17(21)22)15-10-14(18-19-15)11-6-2-1-3-7-11/h1-9,14-15,18-19H,10H2,(H,21,22). The summed E-state index contributed by atoms with van der Waals surface area (Å²) in [6, 6.07) is 15.7. The van der Waals surface area contributed by atoms with Crippen LogP contribution in [0.25, 0.3) is 0 Å². The van der Waals surface area contributed by atoms with Crippen LogP contribution < -0.4 is 10.9 Å². The molecule has 2 atom stereocenters. The third-order valence-corrected chi connectivity index (χ3v) is 3.84. The van der Waals surface area contributed by atoms with Gasteiger partial charge in [0, 0.05) is 11.6 Å². The molecule has 0 spiro atoms. The summed E-state index contributed by atoms with van der Waals surface area (Å²) in [6.07, 6.45) is 0.580. The van der Waals surface area contributed by atoms with E-state index in [1.54, 1.807) is 18.2 Å². The van der Waals surface area contributed by atoms with E-state index in [1.807, 2.05) is 30.3 Å². The van der Waals surface area contributed by atoms with Crippen LogP contribution in [-0.4, -0.2) is 22.9 Å². The lowest BCUT2D eigenvalue weighted by Crippen LogP contribution is -2.37. The van der Waals surface area contributed by atoms with Crippen LogP contribution in [0.2, 0.25) is 0 Å². The van der Waals surface area contributed by atoms with E-state index in [4.69, 9.17) is 0 Å². The van der Waals surface area contributed by atoms with Crippen molar-refractivity contribution in [3.8, 4) is 0 Å². The summed E-state index contributed by atoms with van der Waals surface area (Å²) in [5.41, 5.74) is 7.45. The summed E-state index contributed by atoms with van der Waals surface area (Å²) in [4.78, 5) is 23.8. The molecule has 2 aromatic rings. The smallest absolute Gasteiger partial charge is 0.336 e. The number of carbonyl (C=O) groups is 2. The fourth-order valence-electron chi connectivity index (χ4n) is 2.70. The van der Waals surface area contributed by atoms with E-state index in [0.717, 1.165) is 5.56 Å². The van der Waals surface area contributed by atoms with Gasteiger partial charge in [0.15, 0.2) is 5.78 Å². The number of nitrogens with one attached hydrogen (secondary N) is 2. The molecule has 1 fully saturated rings. The van der Waals surface area contributed by atoms with E-state index in [1.165, 1.54) is 6.07 Å². The van der Waals surface area contributed by atoms with Crippen molar-refractivity contribution in [3.63, 3.8) is 0 Å². The van der Waals surface area contributed by atoms with Gasteiger partial charge in [-0.2, -0.15) is 0 Å². The Kier molecular flexibility index (Phi) is 4.00. The lowest BCUT2D eigenvalue weighted by Gasteiger charge is -2.10. The van der Waals surface area contributed by atoms with Crippen molar-refractivity contribution in [1.29, 1.82) is 0 Å². The molecule has 1 heterocycles. The fourth-order valence-corrected chi connectivity index (χ4v) is 2.70. The number of carbonyl (C=O) groups excluding carboxylic acids is 1. The minimum Gasteiger partial charge on any atom is -0.478 e. The Morgan fingerprint density at radius 3 is 2.23 bits per heavy atom. The molecule has 0 amide bonds. The molecule has 0 aliphatic carbocycles. The Balaban J connectivity index is 1.79. The second-order valence-electron chi connectivity index (χ2n) is 5.26. The highest BCUT2D eigenvalue weighted by atomic mass is 16.4. The van der Waals surface area contributed by atoms with Crippen LogP contribution in [-0.2, 0) is 0 Å². The molecule has 1 saturated heterocycles. The lowest BCUT2D eigenvalue weighted by atomic mass is 9.94. The number of hydrazine groups is 1. The molecular weight excluding hydrogens is 280 g/mol. The van der Waals surface area contributed by atoms with Gasteiger partial charge in [-0.25, -0.2) is 15.6 Å². The summed E-state index contributed by atoms with van der Waals surface area (Å²) in [7, 11) is 0. The van der Waals surface area contributed by atoms with Crippen molar-refractivity contribution >= 4 is 11.8 Å².